The monoisotopic (exact) mass is 356 g/mol. The molecule has 2 aromatic carbocycles. The Morgan fingerprint density at radius 3 is 2.78 bits per heavy atom. The molecule has 0 radical (unpaired) electrons. The first-order chi connectivity index (χ1) is 13.4. The molecule has 0 atom stereocenters. The second-order valence-electron chi connectivity index (χ2n) is 6.17. The van der Waals surface area contributed by atoms with Gasteiger partial charge in [-0.2, -0.15) is 9.67 Å². The van der Waals surface area contributed by atoms with E-state index in [0.717, 1.165) is 29.9 Å². The minimum absolute atomic E-state index is 0.565. The second kappa shape index (κ2) is 6.49. The van der Waals surface area contributed by atoms with E-state index in [0.29, 0.717) is 17.6 Å². The fourth-order valence-electron chi connectivity index (χ4n) is 3.10. The molecule has 0 saturated heterocycles. The van der Waals surface area contributed by atoms with Gasteiger partial charge in [-0.1, -0.05) is 42.5 Å². The van der Waals surface area contributed by atoms with Crippen LogP contribution in [0.3, 0.4) is 0 Å². The van der Waals surface area contributed by atoms with E-state index in [1.807, 2.05) is 42.5 Å². The lowest BCUT2D eigenvalue weighted by Gasteiger charge is -2.10. The third-order valence-electron chi connectivity index (χ3n) is 4.42. The van der Waals surface area contributed by atoms with E-state index in [1.54, 1.807) is 10.9 Å². The maximum Gasteiger partial charge on any atom is 0.224 e. The maximum absolute atomic E-state index is 4.64. The number of para-hydroxylation sites is 2. The molecule has 3 heterocycles. The molecule has 0 aliphatic carbocycles. The summed E-state index contributed by atoms with van der Waals surface area (Å²) in [5.74, 6) is 1.85. The topological polar surface area (TPSA) is 93.4 Å². The van der Waals surface area contributed by atoms with Crippen molar-refractivity contribution in [3.63, 3.8) is 0 Å². The Morgan fingerprint density at radius 1 is 1.00 bits per heavy atom. The van der Waals surface area contributed by atoms with Gasteiger partial charge in [0.05, 0.1) is 16.9 Å². The molecule has 0 unspecified atom stereocenters. The Balaban J connectivity index is 1.44. The van der Waals surface area contributed by atoms with E-state index in [4.69, 9.17) is 0 Å². The molecule has 0 amide bonds. The second-order valence-corrected chi connectivity index (χ2v) is 6.17. The average molecular weight is 356 g/mol. The van der Waals surface area contributed by atoms with Crippen molar-refractivity contribution in [2.75, 3.05) is 17.2 Å². The average Bonchev–Trinajstić information content (AvgIpc) is 3.14. The lowest BCUT2D eigenvalue weighted by atomic mass is 10.1. The van der Waals surface area contributed by atoms with Gasteiger partial charge in [0.1, 0.15) is 5.82 Å². The predicted molar refractivity (Wildman–Crippen MR) is 102 cm³/mol. The lowest BCUT2D eigenvalue weighted by Crippen LogP contribution is -2.09. The minimum atomic E-state index is 0.565. The van der Waals surface area contributed by atoms with Crippen LogP contribution in [0.25, 0.3) is 17.1 Å². The summed E-state index contributed by atoms with van der Waals surface area (Å²) in [6.45, 7) is 0.747. The van der Waals surface area contributed by atoms with Crippen LogP contribution in [-0.2, 0) is 6.42 Å². The predicted octanol–water partition coefficient (Wildman–Crippen LogP) is 2.83. The molecule has 1 aliphatic rings. The number of aromatic nitrogens is 6. The number of hydrogen-bond acceptors (Lipinski definition) is 7. The van der Waals surface area contributed by atoms with E-state index in [2.05, 4.69) is 48.3 Å². The summed E-state index contributed by atoms with van der Waals surface area (Å²) in [5, 5.41) is 18.7. The zero-order chi connectivity index (χ0) is 18.1. The van der Waals surface area contributed by atoms with E-state index in [-0.39, 0.29) is 0 Å². The Labute approximate surface area is 155 Å². The number of benzene rings is 2. The number of rotatable bonds is 4. The molecule has 4 aromatic rings. The van der Waals surface area contributed by atoms with Gasteiger partial charge in [-0.05, 0) is 34.5 Å². The minimum Gasteiger partial charge on any atom is -0.354 e. The summed E-state index contributed by atoms with van der Waals surface area (Å²) in [6, 6.07) is 18.2. The highest BCUT2D eigenvalue weighted by Gasteiger charge is 2.23. The Morgan fingerprint density at radius 2 is 1.85 bits per heavy atom. The summed E-state index contributed by atoms with van der Waals surface area (Å²) in [5.41, 5.74) is 3.78. The SMILES string of the molecule is c1ccc(CCNc2ncc3c(n2)Nc2ccccc2-n2nnnc2-3)cc1. The van der Waals surface area contributed by atoms with Crippen molar-refractivity contribution < 1.29 is 0 Å². The van der Waals surface area contributed by atoms with Crippen molar-refractivity contribution in [1.29, 1.82) is 0 Å². The van der Waals surface area contributed by atoms with Crippen LogP contribution in [0.4, 0.5) is 17.5 Å². The quantitative estimate of drug-likeness (QED) is 0.511. The molecule has 8 heteroatoms. The van der Waals surface area contributed by atoms with Crippen LogP contribution < -0.4 is 10.6 Å². The summed E-state index contributed by atoms with van der Waals surface area (Å²) in [4.78, 5) is 9.07. The van der Waals surface area contributed by atoms with Crippen LogP contribution in [-0.4, -0.2) is 36.7 Å². The van der Waals surface area contributed by atoms with Crippen LogP contribution in [0.2, 0.25) is 0 Å². The first-order valence-electron chi connectivity index (χ1n) is 8.68. The fourth-order valence-corrected chi connectivity index (χ4v) is 3.10. The Kier molecular flexibility index (Phi) is 3.71. The number of nitrogens with one attached hydrogen (secondary N) is 2. The number of nitrogens with zero attached hydrogens (tertiary/aromatic N) is 6. The standard InChI is InChI=1S/C19H16N8/c1-2-6-13(7-3-1)10-11-20-19-21-12-14-17(23-19)22-15-8-4-5-9-16(15)27-18(14)24-25-26-27/h1-9,12H,10-11H2,(H2,20,21,22,23). The van der Waals surface area contributed by atoms with Crippen molar-refractivity contribution >= 4 is 17.5 Å². The molecular weight excluding hydrogens is 340 g/mol. The van der Waals surface area contributed by atoms with Crippen molar-refractivity contribution in [3.8, 4) is 17.1 Å². The fraction of sp³-hybridized carbons (Fsp3) is 0.105. The third-order valence-corrected chi connectivity index (χ3v) is 4.42. The molecule has 1 aliphatic heterocycles. The molecule has 5 rings (SSSR count). The maximum atomic E-state index is 4.64. The van der Waals surface area contributed by atoms with Crippen LogP contribution in [0.5, 0.6) is 0 Å². The Hall–Kier alpha value is -3.81. The van der Waals surface area contributed by atoms with Gasteiger partial charge in [0, 0.05) is 12.7 Å². The van der Waals surface area contributed by atoms with Crippen LogP contribution in [0.15, 0.2) is 60.8 Å². The van der Waals surface area contributed by atoms with Gasteiger partial charge in [-0.3, -0.25) is 0 Å². The summed E-state index contributed by atoms with van der Waals surface area (Å²) >= 11 is 0. The molecule has 8 nitrogen and oxygen atoms in total. The zero-order valence-electron chi connectivity index (χ0n) is 14.4. The molecule has 0 fully saturated rings. The summed E-state index contributed by atoms with van der Waals surface area (Å²) in [7, 11) is 0. The van der Waals surface area contributed by atoms with E-state index < -0.39 is 0 Å². The number of hydrogen-bond donors (Lipinski definition) is 2. The van der Waals surface area contributed by atoms with E-state index in [1.165, 1.54) is 5.56 Å². The van der Waals surface area contributed by atoms with Gasteiger partial charge in [-0.15, -0.1) is 5.10 Å². The largest absolute Gasteiger partial charge is 0.354 e. The normalized spacial score (nSPS) is 11.6. The first-order valence-corrected chi connectivity index (χ1v) is 8.68. The van der Waals surface area contributed by atoms with E-state index >= 15 is 0 Å². The van der Waals surface area contributed by atoms with Crippen molar-refractivity contribution in [1.82, 2.24) is 30.2 Å². The third kappa shape index (κ3) is 2.86. The molecule has 0 saturated carbocycles. The summed E-state index contributed by atoms with van der Waals surface area (Å²) < 4.78 is 1.69. The summed E-state index contributed by atoms with van der Waals surface area (Å²) in [6.07, 6.45) is 2.64. The lowest BCUT2D eigenvalue weighted by molar-refractivity contribution is 0.793. The van der Waals surface area contributed by atoms with Gasteiger partial charge >= 0.3 is 0 Å². The molecule has 2 N–H and O–H groups in total. The molecule has 0 bridgehead atoms. The molecule has 0 spiro atoms. The van der Waals surface area contributed by atoms with Gasteiger partial charge in [0.25, 0.3) is 0 Å². The molecular formula is C19H16N8. The highest BCUT2D eigenvalue weighted by Crippen LogP contribution is 2.35. The van der Waals surface area contributed by atoms with Gasteiger partial charge in [-0.25, -0.2) is 4.98 Å². The van der Waals surface area contributed by atoms with Crippen molar-refractivity contribution in [2.45, 2.75) is 6.42 Å². The highest BCUT2D eigenvalue weighted by molar-refractivity contribution is 5.81. The van der Waals surface area contributed by atoms with Crippen LogP contribution in [0.1, 0.15) is 5.56 Å². The van der Waals surface area contributed by atoms with Crippen LogP contribution >= 0.6 is 0 Å². The van der Waals surface area contributed by atoms with Crippen molar-refractivity contribution in [3.05, 3.63) is 66.4 Å². The number of fused-ring (bicyclic) bond motifs is 5. The number of anilines is 3. The first kappa shape index (κ1) is 15.4. The number of tetrazole rings is 1. The smallest absolute Gasteiger partial charge is 0.224 e. The molecule has 132 valence electrons. The Bertz CT molecular complexity index is 1090. The van der Waals surface area contributed by atoms with E-state index in [9.17, 15) is 0 Å². The molecule has 27 heavy (non-hydrogen) atoms. The van der Waals surface area contributed by atoms with Gasteiger partial charge in [0.2, 0.25) is 5.95 Å². The molecule has 2 aromatic heterocycles. The van der Waals surface area contributed by atoms with Gasteiger partial charge in [0.15, 0.2) is 5.82 Å². The van der Waals surface area contributed by atoms with Gasteiger partial charge < -0.3 is 10.6 Å². The highest BCUT2D eigenvalue weighted by atomic mass is 15.5. The van der Waals surface area contributed by atoms with Crippen LogP contribution in [0, 0.1) is 0 Å². The zero-order valence-corrected chi connectivity index (χ0v) is 14.4. The van der Waals surface area contributed by atoms with Crippen molar-refractivity contribution in [2.24, 2.45) is 0 Å².